The van der Waals surface area contributed by atoms with Crippen molar-refractivity contribution < 1.29 is 9.47 Å². The first-order valence-corrected chi connectivity index (χ1v) is 11.7. The van der Waals surface area contributed by atoms with Gasteiger partial charge in [0.2, 0.25) is 0 Å². The molecule has 0 radical (unpaired) electrons. The third-order valence-electron chi connectivity index (χ3n) is 5.67. The fourth-order valence-corrected chi connectivity index (χ4v) is 5.14. The summed E-state index contributed by atoms with van der Waals surface area (Å²) in [5.74, 6) is 3.06. The number of methoxy groups -OCH3 is 1. The number of morpholine rings is 1. The molecule has 2 fully saturated rings. The summed E-state index contributed by atoms with van der Waals surface area (Å²) in [6.45, 7) is 10.5. The normalized spacial score (nSPS) is 23.5. The van der Waals surface area contributed by atoms with E-state index in [1.807, 2.05) is 12.1 Å². The van der Waals surface area contributed by atoms with Gasteiger partial charge in [-0.3, -0.25) is 9.89 Å². The Kier molecular flexibility index (Phi) is 11.1. The number of thioether (sulfide) groups is 1. The van der Waals surface area contributed by atoms with E-state index < -0.39 is 0 Å². The minimum Gasteiger partial charge on any atom is -0.497 e. The summed E-state index contributed by atoms with van der Waals surface area (Å²) in [7, 11) is 1.71. The maximum Gasteiger partial charge on any atom is 0.191 e. The van der Waals surface area contributed by atoms with Crippen molar-refractivity contribution in [3.63, 3.8) is 0 Å². The van der Waals surface area contributed by atoms with Gasteiger partial charge in [-0.25, -0.2) is 0 Å². The van der Waals surface area contributed by atoms with E-state index in [0.717, 1.165) is 57.6 Å². The largest absolute Gasteiger partial charge is 0.497 e. The highest BCUT2D eigenvalue weighted by atomic mass is 127. The Labute approximate surface area is 203 Å². The second-order valence-corrected chi connectivity index (χ2v) is 9.60. The van der Waals surface area contributed by atoms with Crippen molar-refractivity contribution >= 4 is 41.7 Å². The topological polar surface area (TPSA) is 58.1 Å². The van der Waals surface area contributed by atoms with E-state index in [4.69, 9.17) is 14.5 Å². The summed E-state index contributed by atoms with van der Waals surface area (Å²) < 4.78 is 11.2. The summed E-state index contributed by atoms with van der Waals surface area (Å²) in [6, 6.07) is 8.69. The summed E-state index contributed by atoms with van der Waals surface area (Å²) >= 11 is 2.06. The molecule has 170 valence electrons. The van der Waals surface area contributed by atoms with Crippen molar-refractivity contribution in [1.82, 2.24) is 15.5 Å². The zero-order valence-corrected chi connectivity index (χ0v) is 21.6. The smallest absolute Gasteiger partial charge is 0.191 e. The van der Waals surface area contributed by atoms with Crippen LogP contribution in [0.1, 0.15) is 38.3 Å². The molecule has 0 aromatic heterocycles. The average Bonchev–Trinajstić information content (AvgIpc) is 3.20. The minimum atomic E-state index is 0. The monoisotopic (exact) mass is 548 g/mol. The van der Waals surface area contributed by atoms with Crippen LogP contribution in [0.15, 0.2) is 29.3 Å². The first-order valence-electron chi connectivity index (χ1n) is 10.8. The molecule has 8 heteroatoms. The third kappa shape index (κ3) is 7.46. The molecule has 30 heavy (non-hydrogen) atoms. The summed E-state index contributed by atoms with van der Waals surface area (Å²) in [6.07, 6.45) is 2.56. The Morgan fingerprint density at radius 3 is 2.60 bits per heavy atom. The number of halogens is 1. The zero-order valence-electron chi connectivity index (χ0n) is 18.5. The van der Waals surface area contributed by atoms with Gasteiger partial charge in [0.15, 0.2) is 5.96 Å². The second-order valence-electron chi connectivity index (χ2n) is 7.92. The number of hydrogen-bond donors (Lipinski definition) is 2. The van der Waals surface area contributed by atoms with Gasteiger partial charge in [0.05, 0.1) is 32.9 Å². The van der Waals surface area contributed by atoms with Crippen LogP contribution >= 0.6 is 35.7 Å². The quantitative estimate of drug-likeness (QED) is 0.295. The number of hydrogen-bond acceptors (Lipinski definition) is 5. The van der Waals surface area contributed by atoms with Gasteiger partial charge in [0, 0.05) is 30.9 Å². The molecule has 0 amide bonds. The van der Waals surface area contributed by atoms with Crippen molar-refractivity contribution in [1.29, 1.82) is 0 Å². The fraction of sp³-hybridized carbons (Fsp3) is 0.682. The molecule has 0 saturated carbocycles. The van der Waals surface area contributed by atoms with Crippen molar-refractivity contribution in [3.05, 3.63) is 29.8 Å². The van der Waals surface area contributed by atoms with Crippen LogP contribution < -0.4 is 15.4 Å². The third-order valence-corrected chi connectivity index (χ3v) is 7.19. The van der Waals surface area contributed by atoms with Crippen LogP contribution in [0.3, 0.4) is 0 Å². The van der Waals surface area contributed by atoms with E-state index in [1.165, 1.54) is 24.2 Å². The van der Waals surface area contributed by atoms with Gasteiger partial charge >= 0.3 is 0 Å². The van der Waals surface area contributed by atoms with Crippen LogP contribution in [0.5, 0.6) is 5.75 Å². The molecule has 2 N–H and O–H groups in total. The number of ether oxygens (including phenoxy) is 2. The number of benzene rings is 1. The lowest BCUT2D eigenvalue weighted by Crippen LogP contribution is -2.46. The van der Waals surface area contributed by atoms with E-state index in [9.17, 15) is 0 Å². The van der Waals surface area contributed by atoms with E-state index in [1.54, 1.807) is 7.11 Å². The molecule has 1 aromatic carbocycles. The molecular formula is C22H37IN4O2S. The molecule has 2 unspecified atom stereocenters. The van der Waals surface area contributed by atoms with Crippen LogP contribution in [-0.4, -0.2) is 74.4 Å². The van der Waals surface area contributed by atoms with E-state index in [0.29, 0.717) is 0 Å². The number of rotatable bonds is 8. The van der Waals surface area contributed by atoms with Crippen molar-refractivity contribution in [2.24, 2.45) is 4.99 Å². The van der Waals surface area contributed by atoms with Crippen molar-refractivity contribution in [3.8, 4) is 5.75 Å². The lowest BCUT2D eigenvalue weighted by Gasteiger charge is -2.35. The van der Waals surface area contributed by atoms with E-state index in [-0.39, 0.29) is 34.8 Å². The lowest BCUT2D eigenvalue weighted by atomic mass is 10.0. The summed E-state index contributed by atoms with van der Waals surface area (Å²) in [4.78, 5) is 7.41. The van der Waals surface area contributed by atoms with Crippen molar-refractivity contribution in [2.45, 2.75) is 37.5 Å². The van der Waals surface area contributed by atoms with Gasteiger partial charge in [-0.05, 0) is 50.1 Å². The standard InChI is InChI=1S/C22H36N4O2S.HI/c1-4-23-21(25-17-22(2)10-5-15-29-22)24-16-20(26-11-13-28-14-12-26)18-6-8-19(27-3)9-7-18;/h6-9,20H,4-5,10-17H2,1-3H3,(H2,23,24,25);1H. The number of nitrogens with zero attached hydrogens (tertiary/aromatic N) is 2. The Bertz CT molecular complexity index is 647. The first-order chi connectivity index (χ1) is 14.1. The van der Waals surface area contributed by atoms with Gasteiger partial charge in [-0.15, -0.1) is 24.0 Å². The predicted molar refractivity (Wildman–Crippen MR) is 138 cm³/mol. The predicted octanol–water partition coefficient (Wildman–Crippen LogP) is 3.53. The molecule has 3 rings (SSSR count). The molecule has 0 aliphatic carbocycles. The van der Waals surface area contributed by atoms with E-state index in [2.05, 4.69) is 53.3 Å². The molecule has 6 nitrogen and oxygen atoms in total. The van der Waals surface area contributed by atoms with Gasteiger partial charge in [0.1, 0.15) is 5.75 Å². The van der Waals surface area contributed by atoms with E-state index >= 15 is 0 Å². The molecule has 2 aliphatic heterocycles. The second kappa shape index (κ2) is 13.0. The molecule has 0 spiro atoms. The van der Waals surface area contributed by atoms with Gasteiger partial charge in [-0.2, -0.15) is 11.8 Å². The zero-order chi connectivity index (χ0) is 20.5. The van der Waals surface area contributed by atoms with Crippen molar-refractivity contribution in [2.75, 3.05) is 58.8 Å². The Hall–Kier alpha value is -0.710. The summed E-state index contributed by atoms with van der Waals surface area (Å²) in [5, 5.41) is 7.02. The maximum atomic E-state index is 5.57. The van der Waals surface area contributed by atoms with Crippen LogP contribution in [0.25, 0.3) is 0 Å². The Morgan fingerprint density at radius 1 is 1.27 bits per heavy atom. The number of nitrogens with one attached hydrogen (secondary N) is 2. The number of aliphatic imine (C=N–C) groups is 1. The van der Waals surface area contributed by atoms with Gasteiger partial charge in [-0.1, -0.05) is 12.1 Å². The molecule has 2 heterocycles. The highest BCUT2D eigenvalue weighted by Crippen LogP contribution is 2.37. The van der Waals surface area contributed by atoms with Gasteiger partial charge in [0.25, 0.3) is 0 Å². The molecule has 1 aromatic rings. The first kappa shape index (κ1) is 25.5. The number of guanidine groups is 1. The highest BCUT2D eigenvalue weighted by Gasteiger charge is 2.29. The lowest BCUT2D eigenvalue weighted by molar-refractivity contribution is 0.0170. The summed E-state index contributed by atoms with van der Waals surface area (Å²) in [5.41, 5.74) is 1.29. The molecular weight excluding hydrogens is 511 g/mol. The Morgan fingerprint density at radius 2 is 2.00 bits per heavy atom. The van der Waals surface area contributed by atoms with Crippen LogP contribution in [0, 0.1) is 0 Å². The Balaban J connectivity index is 0.00000320. The van der Waals surface area contributed by atoms with Crippen LogP contribution in [0.2, 0.25) is 0 Å². The molecule has 0 bridgehead atoms. The average molecular weight is 549 g/mol. The maximum absolute atomic E-state index is 5.57. The minimum absolute atomic E-state index is 0. The molecule has 2 saturated heterocycles. The van der Waals surface area contributed by atoms with Crippen LogP contribution in [0.4, 0.5) is 0 Å². The molecule has 2 atom stereocenters. The fourth-order valence-electron chi connectivity index (χ4n) is 3.92. The van der Waals surface area contributed by atoms with Gasteiger partial charge < -0.3 is 20.1 Å². The molecule has 2 aliphatic rings. The SMILES string of the molecule is CCNC(=NCC1(C)CCCS1)NCC(c1ccc(OC)cc1)N1CCOCC1.I. The van der Waals surface area contributed by atoms with Crippen LogP contribution in [-0.2, 0) is 4.74 Å². The highest BCUT2D eigenvalue weighted by molar-refractivity contribution is 14.0.